The highest BCUT2D eigenvalue weighted by atomic mass is 32.2. The Hall–Kier alpha value is -4.95. The number of rotatable bonds is 10. The summed E-state index contributed by atoms with van der Waals surface area (Å²) < 4.78 is 33.8. The third-order valence-corrected chi connectivity index (χ3v) is 8.23. The number of nitrogens with one attached hydrogen (secondary N) is 1. The molecule has 0 aliphatic heterocycles. The van der Waals surface area contributed by atoms with Crippen molar-refractivity contribution in [2.24, 2.45) is 5.10 Å². The summed E-state index contributed by atoms with van der Waals surface area (Å²) in [5.74, 6) is 0.135. The first-order valence-electron chi connectivity index (χ1n) is 13.1. The molecule has 5 rings (SSSR count). The van der Waals surface area contributed by atoms with Crippen LogP contribution in [0, 0.1) is 6.92 Å². The van der Waals surface area contributed by atoms with Crippen LogP contribution < -0.4 is 14.5 Å². The van der Waals surface area contributed by atoms with E-state index in [1.54, 1.807) is 42.5 Å². The number of amides is 1. The average Bonchev–Trinajstić information content (AvgIpc) is 3.00. The monoisotopic (exact) mass is 563 g/mol. The van der Waals surface area contributed by atoms with Crippen molar-refractivity contribution < 1.29 is 17.9 Å². The van der Waals surface area contributed by atoms with Gasteiger partial charge in [0.15, 0.2) is 0 Å². The molecular formula is C33H29N3O4S. The predicted molar refractivity (Wildman–Crippen MR) is 163 cm³/mol. The van der Waals surface area contributed by atoms with E-state index in [9.17, 15) is 13.2 Å². The number of benzene rings is 5. The summed E-state index contributed by atoms with van der Waals surface area (Å²) in [5, 5.41) is 6.38. The lowest BCUT2D eigenvalue weighted by molar-refractivity contribution is -0.119. The molecule has 206 valence electrons. The Bertz CT molecular complexity index is 1770. The van der Waals surface area contributed by atoms with Gasteiger partial charge in [0.1, 0.15) is 18.9 Å². The Morgan fingerprint density at radius 1 is 0.829 bits per heavy atom. The molecule has 0 fully saturated rings. The normalized spacial score (nSPS) is 11.4. The van der Waals surface area contributed by atoms with Crippen molar-refractivity contribution in [1.82, 2.24) is 5.43 Å². The summed E-state index contributed by atoms with van der Waals surface area (Å²) in [4.78, 5) is 12.9. The third-order valence-electron chi connectivity index (χ3n) is 6.44. The first kappa shape index (κ1) is 27.6. The Labute approximate surface area is 239 Å². The maximum absolute atomic E-state index is 13.4. The number of nitrogens with zero attached hydrogens (tertiary/aromatic N) is 2. The number of para-hydroxylation sites is 1. The topological polar surface area (TPSA) is 88.1 Å². The zero-order valence-corrected chi connectivity index (χ0v) is 23.3. The molecule has 0 saturated heterocycles. The first-order valence-corrected chi connectivity index (χ1v) is 14.5. The smallest absolute Gasteiger partial charge is 0.264 e. The number of ether oxygens (including phenoxy) is 1. The number of hydrazone groups is 1. The van der Waals surface area contributed by atoms with E-state index in [1.165, 1.54) is 29.1 Å². The molecule has 0 aliphatic carbocycles. The summed E-state index contributed by atoms with van der Waals surface area (Å²) in [7, 11) is -3.98. The van der Waals surface area contributed by atoms with Gasteiger partial charge in [-0.05, 0) is 83.4 Å². The zero-order chi connectivity index (χ0) is 28.7. The number of anilines is 1. The SMILES string of the molecule is Cc1ccc(S(=O)(=O)N(CC(=O)N/N=C\c2ccc(OCc3ccc4ccccc4c3)cc2)c2ccccc2)cc1. The molecule has 0 unspecified atom stereocenters. The van der Waals surface area contributed by atoms with E-state index in [0.29, 0.717) is 18.0 Å². The predicted octanol–water partition coefficient (Wildman–Crippen LogP) is 6.07. The van der Waals surface area contributed by atoms with Gasteiger partial charge < -0.3 is 4.74 Å². The van der Waals surface area contributed by atoms with E-state index in [0.717, 1.165) is 21.0 Å². The molecule has 0 aliphatic rings. The lowest BCUT2D eigenvalue weighted by Gasteiger charge is -2.23. The number of carbonyl (C=O) groups is 1. The van der Waals surface area contributed by atoms with Crippen LogP contribution >= 0.6 is 0 Å². The lowest BCUT2D eigenvalue weighted by atomic mass is 10.1. The van der Waals surface area contributed by atoms with Crippen molar-refractivity contribution in [3.63, 3.8) is 0 Å². The molecule has 5 aromatic carbocycles. The third kappa shape index (κ3) is 6.98. The van der Waals surface area contributed by atoms with Crippen LogP contribution in [0.25, 0.3) is 10.8 Å². The molecule has 0 spiro atoms. The summed E-state index contributed by atoms with van der Waals surface area (Å²) in [5.41, 5.74) is 5.57. The fourth-order valence-corrected chi connectivity index (χ4v) is 5.66. The van der Waals surface area contributed by atoms with Crippen molar-refractivity contribution in [1.29, 1.82) is 0 Å². The fourth-order valence-electron chi connectivity index (χ4n) is 4.24. The van der Waals surface area contributed by atoms with Gasteiger partial charge in [-0.1, -0.05) is 72.3 Å². The van der Waals surface area contributed by atoms with Crippen LogP contribution in [0.3, 0.4) is 0 Å². The van der Waals surface area contributed by atoms with E-state index < -0.39 is 22.5 Å². The highest BCUT2D eigenvalue weighted by Gasteiger charge is 2.27. The van der Waals surface area contributed by atoms with E-state index >= 15 is 0 Å². The molecule has 1 amide bonds. The number of hydrogen-bond donors (Lipinski definition) is 1. The van der Waals surface area contributed by atoms with Crippen molar-refractivity contribution in [3.8, 4) is 5.75 Å². The first-order chi connectivity index (χ1) is 19.9. The van der Waals surface area contributed by atoms with Gasteiger partial charge in [-0.25, -0.2) is 13.8 Å². The maximum Gasteiger partial charge on any atom is 0.264 e. The van der Waals surface area contributed by atoms with E-state index in [4.69, 9.17) is 4.74 Å². The molecule has 0 bridgehead atoms. The van der Waals surface area contributed by atoms with Gasteiger partial charge in [0, 0.05) is 0 Å². The number of aryl methyl sites for hydroxylation is 1. The summed E-state index contributed by atoms with van der Waals surface area (Å²) in [6.07, 6.45) is 1.49. The standard InChI is InChI=1S/C33H29N3O4S/c1-25-11-19-32(20-12-25)41(38,39)36(30-9-3-2-4-10-30)23-33(37)35-34-22-26-14-17-31(18-15-26)40-24-27-13-16-28-7-5-6-8-29(28)21-27/h2-22H,23-24H2,1H3,(H,35,37)/b34-22-. The second-order valence-electron chi connectivity index (χ2n) is 9.49. The zero-order valence-electron chi connectivity index (χ0n) is 22.5. The minimum Gasteiger partial charge on any atom is -0.489 e. The minimum absolute atomic E-state index is 0.103. The molecule has 0 saturated carbocycles. The number of hydrogen-bond acceptors (Lipinski definition) is 5. The molecule has 0 aromatic heterocycles. The van der Waals surface area contributed by atoms with Crippen molar-refractivity contribution in [3.05, 3.63) is 138 Å². The number of sulfonamides is 1. The van der Waals surface area contributed by atoms with Crippen LogP contribution in [0.5, 0.6) is 5.75 Å². The van der Waals surface area contributed by atoms with Gasteiger partial charge in [0.25, 0.3) is 15.9 Å². The molecule has 41 heavy (non-hydrogen) atoms. The van der Waals surface area contributed by atoms with Crippen LogP contribution in [0.4, 0.5) is 5.69 Å². The Morgan fingerprint density at radius 2 is 1.51 bits per heavy atom. The van der Waals surface area contributed by atoms with Crippen molar-refractivity contribution >= 4 is 38.6 Å². The molecule has 0 radical (unpaired) electrons. The van der Waals surface area contributed by atoms with Crippen LogP contribution in [0.15, 0.2) is 131 Å². The molecule has 0 heterocycles. The largest absolute Gasteiger partial charge is 0.489 e. The molecular weight excluding hydrogens is 534 g/mol. The van der Waals surface area contributed by atoms with Crippen LogP contribution in [-0.2, 0) is 21.4 Å². The minimum atomic E-state index is -3.98. The molecule has 7 nitrogen and oxygen atoms in total. The van der Waals surface area contributed by atoms with Gasteiger partial charge in [-0.3, -0.25) is 9.10 Å². The summed E-state index contributed by atoms with van der Waals surface area (Å²) in [6, 6.07) is 36.8. The van der Waals surface area contributed by atoms with Crippen LogP contribution in [-0.4, -0.2) is 27.1 Å². The Kier molecular flexibility index (Phi) is 8.41. The number of carbonyl (C=O) groups excluding carboxylic acids is 1. The molecule has 1 N–H and O–H groups in total. The average molecular weight is 564 g/mol. The van der Waals surface area contributed by atoms with Gasteiger partial charge in [0.2, 0.25) is 0 Å². The van der Waals surface area contributed by atoms with Gasteiger partial charge in [-0.15, -0.1) is 0 Å². The molecule has 0 atom stereocenters. The highest BCUT2D eigenvalue weighted by molar-refractivity contribution is 7.92. The summed E-state index contributed by atoms with van der Waals surface area (Å²) >= 11 is 0. The Balaban J connectivity index is 1.19. The highest BCUT2D eigenvalue weighted by Crippen LogP contribution is 2.24. The van der Waals surface area contributed by atoms with Crippen molar-refractivity contribution in [2.75, 3.05) is 10.8 Å². The molecule has 8 heteroatoms. The summed E-state index contributed by atoms with van der Waals surface area (Å²) in [6.45, 7) is 1.89. The quantitative estimate of drug-likeness (QED) is 0.165. The van der Waals surface area contributed by atoms with Gasteiger partial charge in [-0.2, -0.15) is 5.10 Å². The maximum atomic E-state index is 13.4. The second-order valence-corrected chi connectivity index (χ2v) is 11.4. The van der Waals surface area contributed by atoms with E-state index in [1.807, 2.05) is 43.3 Å². The van der Waals surface area contributed by atoms with Gasteiger partial charge >= 0.3 is 0 Å². The van der Waals surface area contributed by atoms with E-state index in [2.05, 4.69) is 40.9 Å². The molecule has 5 aromatic rings. The van der Waals surface area contributed by atoms with Crippen molar-refractivity contribution in [2.45, 2.75) is 18.4 Å². The number of fused-ring (bicyclic) bond motifs is 1. The van der Waals surface area contributed by atoms with Gasteiger partial charge in [0.05, 0.1) is 16.8 Å². The Morgan fingerprint density at radius 3 is 2.24 bits per heavy atom. The van der Waals surface area contributed by atoms with Crippen LogP contribution in [0.1, 0.15) is 16.7 Å². The van der Waals surface area contributed by atoms with Crippen LogP contribution in [0.2, 0.25) is 0 Å². The second kappa shape index (κ2) is 12.5. The van der Waals surface area contributed by atoms with E-state index in [-0.39, 0.29) is 4.90 Å². The lowest BCUT2D eigenvalue weighted by Crippen LogP contribution is -2.39. The fraction of sp³-hybridized carbons (Fsp3) is 0.0909.